The Morgan fingerprint density at radius 3 is 2.24 bits per heavy atom. The Bertz CT molecular complexity index is 1560. The molecule has 0 spiro atoms. The van der Waals surface area contributed by atoms with E-state index in [1.54, 1.807) is 48.7 Å². The van der Waals surface area contributed by atoms with Gasteiger partial charge in [0.15, 0.2) is 9.84 Å². The van der Waals surface area contributed by atoms with Crippen molar-refractivity contribution in [1.29, 1.82) is 0 Å². The first-order valence-electron chi connectivity index (χ1n) is 12.7. The minimum atomic E-state index is -3.61. The molecule has 38 heavy (non-hydrogen) atoms. The molecule has 7 nitrogen and oxygen atoms in total. The number of aromatic hydroxyl groups is 1. The average Bonchev–Trinajstić information content (AvgIpc) is 2.91. The predicted octanol–water partition coefficient (Wildman–Crippen LogP) is 4.49. The molecule has 8 heteroatoms. The van der Waals surface area contributed by atoms with Crippen LogP contribution in [0.4, 0.5) is 0 Å². The molecule has 0 saturated carbocycles. The third-order valence-electron chi connectivity index (χ3n) is 7.10. The molecule has 4 aromatic rings. The lowest BCUT2D eigenvalue weighted by molar-refractivity contribution is 0.0628. The summed E-state index contributed by atoms with van der Waals surface area (Å²) in [6.07, 6.45) is 1.59. The summed E-state index contributed by atoms with van der Waals surface area (Å²) in [5, 5.41) is 10.8. The number of fused-ring (bicyclic) bond motifs is 1. The van der Waals surface area contributed by atoms with E-state index >= 15 is 0 Å². The van der Waals surface area contributed by atoms with Crippen LogP contribution in [0, 0.1) is 13.8 Å². The number of aryl methyl sites for hydroxylation is 2. The van der Waals surface area contributed by atoms with Gasteiger partial charge in [0.05, 0.1) is 16.2 Å². The molecule has 0 radical (unpaired) electrons. The second kappa shape index (κ2) is 10.6. The molecule has 0 unspecified atom stereocenters. The predicted molar refractivity (Wildman–Crippen MR) is 148 cm³/mol. The second-order valence-corrected chi connectivity index (χ2v) is 11.9. The Morgan fingerprint density at radius 2 is 1.55 bits per heavy atom. The molecule has 2 heterocycles. The second-order valence-electron chi connectivity index (χ2n) is 9.93. The van der Waals surface area contributed by atoms with Crippen LogP contribution in [0.1, 0.15) is 32.6 Å². The first-order chi connectivity index (χ1) is 18.2. The number of benzene rings is 3. The number of rotatable bonds is 6. The maximum Gasteiger partial charge on any atom is 0.253 e. The lowest BCUT2D eigenvalue weighted by Gasteiger charge is -2.35. The third-order valence-corrected chi connectivity index (χ3v) is 8.82. The van der Waals surface area contributed by atoms with Crippen molar-refractivity contribution in [2.75, 3.05) is 26.2 Å². The highest BCUT2D eigenvalue weighted by Gasteiger charge is 2.23. The van der Waals surface area contributed by atoms with Crippen LogP contribution in [0.3, 0.4) is 0 Å². The number of phenols is 1. The Hall–Kier alpha value is -3.75. The van der Waals surface area contributed by atoms with Crippen molar-refractivity contribution in [1.82, 2.24) is 14.8 Å². The lowest BCUT2D eigenvalue weighted by Crippen LogP contribution is -2.48. The molecule has 1 aromatic heterocycles. The number of hydrogen-bond acceptors (Lipinski definition) is 6. The zero-order valence-electron chi connectivity index (χ0n) is 21.6. The average molecular weight is 530 g/mol. The Morgan fingerprint density at radius 1 is 0.895 bits per heavy atom. The van der Waals surface area contributed by atoms with Crippen molar-refractivity contribution in [3.8, 4) is 5.75 Å². The topological polar surface area (TPSA) is 90.8 Å². The highest BCUT2D eigenvalue weighted by atomic mass is 32.2. The van der Waals surface area contributed by atoms with E-state index in [9.17, 15) is 18.3 Å². The third kappa shape index (κ3) is 5.42. The largest absolute Gasteiger partial charge is 0.507 e. The fraction of sp³-hybridized carbons (Fsp3) is 0.267. The van der Waals surface area contributed by atoms with Gasteiger partial charge < -0.3 is 10.0 Å². The van der Waals surface area contributed by atoms with Gasteiger partial charge in [-0.25, -0.2) is 8.42 Å². The van der Waals surface area contributed by atoms with Crippen LogP contribution in [0.25, 0.3) is 10.9 Å². The van der Waals surface area contributed by atoms with Gasteiger partial charge in [-0.15, -0.1) is 0 Å². The van der Waals surface area contributed by atoms with Gasteiger partial charge in [-0.3, -0.25) is 14.7 Å². The number of para-hydroxylation sites is 1. The van der Waals surface area contributed by atoms with E-state index in [0.29, 0.717) is 35.5 Å². The molecule has 0 aliphatic carbocycles. The fourth-order valence-corrected chi connectivity index (χ4v) is 6.59. The summed E-state index contributed by atoms with van der Waals surface area (Å²) in [6.45, 7) is 7.37. The quantitative estimate of drug-likeness (QED) is 0.396. The first kappa shape index (κ1) is 25.9. The molecular weight excluding hydrogens is 498 g/mol. The monoisotopic (exact) mass is 529 g/mol. The summed E-state index contributed by atoms with van der Waals surface area (Å²) in [7, 11) is -3.61. The number of carbonyl (C=O) groups excluding carboxylic acids is 1. The maximum atomic E-state index is 13.2. The zero-order valence-corrected chi connectivity index (χ0v) is 22.4. The molecule has 5 rings (SSSR count). The van der Waals surface area contributed by atoms with E-state index in [1.165, 1.54) is 0 Å². The summed E-state index contributed by atoms with van der Waals surface area (Å²) in [5.41, 5.74) is 4.55. The molecular formula is C30H31N3O4S. The van der Waals surface area contributed by atoms with Gasteiger partial charge in [0.2, 0.25) is 0 Å². The number of hydrogen-bond donors (Lipinski definition) is 1. The number of carbonyl (C=O) groups is 1. The molecule has 3 aromatic carbocycles. The van der Waals surface area contributed by atoms with Gasteiger partial charge in [-0.05, 0) is 60.4 Å². The number of sulfone groups is 1. The van der Waals surface area contributed by atoms with Gasteiger partial charge in [0.1, 0.15) is 5.75 Å². The normalized spacial score (nSPS) is 14.6. The molecule has 0 atom stereocenters. The van der Waals surface area contributed by atoms with E-state index in [0.717, 1.165) is 41.7 Å². The van der Waals surface area contributed by atoms with Crippen molar-refractivity contribution >= 4 is 26.6 Å². The molecule has 1 amide bonds. The lowest BCUT2D eigenvalue weighted by atomic mass is 10.0. The minimum Gasteiger partial charge on any atom is -0.507 e. The molecule has 1 aliphatic heterocycles. The number of pyridine rings is 1. The molecule has 1 fully saturated rings. The molecule has 0 bridgehead atoms. The van der Waals surface area contributed by atoms with Crippen LogP contribution in [-0.4, -0.2) is 60.4 Å². The SMILES string of the molecule is Cc1cc(CN2CCN(C(=O)c3ccc(CS(=O)(=O)c4cccc5cccnc45)cc3)CC2)cc(C)c1O. The fourth-order valence-electron chi connectivity index (χ4n) is 5.05. The van der Waals surface area contributed by atoms with E-state index in [4.69, 9.17) is 0 Å². The van der Waals surface area contributed by atoms with Gasteiger partial charge in [-0.1, -0.05) is 42.5 Å². The van der Waals surface area contributed by atoms with Gasteiger partial charge in [0.25, 0.3) is 5.91 Å². The van der Waals surface area contributed by atoms with E-state index in [-0.39, 0.29) is 16.6 Å². The molecule has 196 valence electrons. The summed E-state index contributed by atoms with van der Waals surface area (Å²) in [4.78, 5) is 21.8. The van der Waals surface area contributed by atoms with Crippen molar-refractivity contribution in [2.45, 2.75) is 31.0 Å². The Labute approximate surface area is 223 Å². The minimum absolute atomic E-state index is 0.0476. The Kier molecular flexibility index (Phi) is 7.19. The van der Waals surface area contributed by atoms with Crippen LogP contribution < -0.4 is 0 Å². The standard InChI is InChI=1S/C30H31N3O4S/c1-21-17-24(18-22(2)29(21)34)19-32-13-15-33(16-14-32)30(35)26-10-8-23(9-11-26)20-38(36,37)27-7-3-5-25-6-4-12-31-28(25)27/h3-12,17-18,34H,13-16,19-20H2,1-2H3. The highest BCUT2D eigenvalue weighted by molar-refractivity contribution is 7.90. The van der Waals surface area contributed by atoms with Crippen molar-refractivity contribution in [2.24, 2.45) is 0 Å². The molecule has 1 N–H and O–H groups in total. The van der Waals surface area contributed by atoms with E-state index in [2.05, 4.69) is 9.88 Å². The van der Waals surface area contributed by atoms with Crippen molar-refractivity contribution in [3.05, 3.63) is 101 Å². The maximum absolute atomic E-state index is 13.2. The summed E-state index contributed by atoms with van der Waals surface area (Å²) >= 11 is 0. The van der Waals surface area contributed by atoms with Gasteiger partial charge in [0, 0.05) is 49.9 Å². The highest BCUT2D eigenvalue weighted by Crippen LogP contribution is 2.25. The van der Waals surface area contributed by atoms with Crippen LogP contribution in [0.15, 0.2) is 77.8 Å². The van der Waals surface area contributed by atoms with Gasteiger partial charge in [-0.2, -0.15) is 0 Å². The van der Waals surface area contributed by atoms with Crippen molar-refractivity contribution in [3.63, 3.8) is 0 Å². The van der Waals surface area contributed by atoms with Crippen LogP contribution in [0.2, 0.25) is 0 Å². The number of nitrogens with zero attached hydrogens (tertiary/aromatic N) is 3. The zero-order chi connectivity index (χ0) is 26.9. The smallest absolute Gasteiger partial charge is 0.253 e. The molecule has 1 aliphatic rings. The number of aromatic nitrogens is 1. The van der Waals surface area contributed by atoms with E-state index < -0.39 is 9.84 Å². The van der Waals surface area contributed by atoms with Crippen LogP contribution >= 0.6 is 0 Å². The van der Waals surface area contributed by atoms with Crippen LogP contribution in [-0.2, 0) is 22.1 Å². The van der Waals surface area contributed by atoms with Gasteiger partial charge >= 0.3 is 0 Å². The number of piperazine rings is 1. The van der Waals surface area contributed by atoms with Crippen LogP contribution in [0.5, 0.6) is 5.75 Å². The van der Waals surface area contributed by atoms with E-state index in [1.807, 2.05) is 43.0 Å². The molecule has 1 saturated heterocycles. The summed E-state index contributed by atoms with van der Waals surface area (Å²) < 4.78 is 26.3. The Balaban J connectivity index is 1.21. The first-order valence-corrected chi connectivity index (χ1v) is 14.3. The summed E-state index contributed by atoms with van der Waals surface area (Å²) in [5.74, 6) is 0.137. The summed E-state index contributed by atoms with van der Waals surface area (Å²) in [6, 6.07) is 19.7. The van der Waals surface area contributed by atoms with Crippen molar-refractivity contribution < 1.29 is 18.3 Å². The number of amides is 1. The number of phenolic OH excluding ortho intramolecular Hbond substituents is 1.